The molecule has 0 saturated carbocycles. The molecule has 1 aliphatic rings. The first kappa shape index (κ1) is 17.5. The number of aromatic nitrogens is 1. The number of halogens is 1. The Morgan fingerprint density at radius 2 is 2.08 bits per heavy atom. The van der Waals surface area contributed by atoms with E-state index in [1.807, 2.05) is 6.07 Å². The van der Waals surface area contributed by atoms with Crippen LogP contribution in [-0.4, -0.2) is 21.5 Å². The van der Waals surface area contributed by atoms with Gasteiger partial charge in [0.1, 0.15) is 11.9 Å². The van der Waals surface area contributed by atoms with Gasteiger partial charge in [-0.3, -0.25) is 9.78 Å². The van der Waals surface area contributed by atoms with E-state index in [4.69, 9.17) is 0 Å². The molecule has 1 atom stereocenters. The lowest BCUT2D eigenvalue weighted by Crippen LogP contribution is -2.48. The summed E-state index contributed by atoms with van der Waals surface area (Å²) in [6.45, 7) is 5.25. The van der Waals surface area contributed by atoms with Crippen LogP contribution in [0.4, 0.5) is 4.39 Å². The van der Waals surface area contributed by atoms with Gasteiger partial charge in [-0.05, 0) is 74.9 Å². The summed E-state index contributed by atoms with van der Waals surface area (Å²) in [7, 11) is 0. The van der Waals surface area contributed by atoms with Crippen molar-refractivity contribution >= 4 is 5.91 Å². The number of aliphatic hydroxyl groups is 1. The van der Waals surface area contributed by atoms with Crippen molar-refractivity contribution in [3.63, 3.8) is 0 Å². The van der Waals surface area contributed by atoms with Gasteiger partial charge >= 0.3 is 0 Å². The Morgan fingerprint density at radius 3 is 2.84 bits per heavy atom. The number of nitrogens with one attached hydrogen (secondary N) is 1. The fourth-order valence-corrected chi connectivity index (χ4v) is 3.28. The van der Waals surface area contributed by atoms with E-state index >= 15 is 0 Å². The number of fused-ring (bicyclic) bond motifs is 1. The molecule has 0 saturated heterocycles. The number of amides is 1. The van der Waals surface area contributed by atoms with E-state index in [9.17, 15) is 14.3 Å². The van der Waals surface area contributed by atoms with Gasteiger partial charge in [-0.15, -0.1) is 0 Å². The molecule has 0 fully saturated rings. The Hall–Kier alpha value is -2.27. The molecular formula is C20H23FN2O2. The average Bonchev–Trinajstić information content (AvgIpc) is 3.03. The molecule has 132 valence electrons. The van der Waals surface area contributed by atoms with Gasteiger partial charge in [-0.2, -0.15) is 0 Å². The zero-order valence-electron chi connectivity index (χ0n) is 14.8. The number of benzene rings is 1. The lowest BCUT2D eigenvalue weighted by molar-refractivity contribution is 0.0630. The van der Waals surface area contributed by atoms with Crippen LogP contribution in [0.1, 0.15) is 59.1 Å². The van der Waals surface area contributed by atoms with Gasteiger partial charge in [0.05, 0.1) is 11.1 Å². The van der Waals surface area contributed by atoms with Gasteiger partial charge in [0.2, 0.25) is 0 Å². The van der Waals surface area contributed by atoms with Crippen molar-refractivity contribution < 1.29 is 14.3 Å². The van der Waals surface area contributed by atoms with Gasteiger partial charge in [0.15, 0.2) is 0 Å². The molecule has 1 aliphatic carbocycles. The molecule has 0 bridgehead atoms. The fraction of sp³-hybridized carbons (Fsp3) is 0.400. The Kier molecular flexibility index (Phi) is 4.60. The minimum Gasteiger partial charge on any atom is -0.386 e. The van der Waals surface area contributed by atoms with E-state index in [0.29, 0.717) is 11.1 Å². The maximum atomic E-state index is 13.5. The molecule has 5 heteroatoms. The Bertz CT molecular complexity index is 817. The third-order valence-electron chi connectivity index (χ3n) is 4.84. The van der Waals surface area contributed by atoms with E-state index in [1.54, 1.807) is 33.0 Å². The SMILES string of the molecule is Cc1ccc(F)cc1C(O)C(C)(C)NC(=O)c1cnc2c(c1)CCC2. The van der Waals surface area contributed by atoms with E-state index in [0.717, 1.165) is 36.1 Å². The monoisotopic (exact) mass is 342 g/mol. The number of hydrogen-bond donors (Lipinski definition) is 2. The average molecular weight is 342 g/mol. The van der Waals surface area contributed by atoms with Crippen molar-refractivity contribution in [3.05, 3.63) is 64.2 Å². The zero-order valence-corrected chi connectivity index (χ0v) is 14.8. The van der Waals surface area contributed by atoms with Crippen LogP contribution in [0.25, 0.3) is 0 Å². The lowest BCUT2D eigenvalue weighted by Gasteiger charge is -2.33. The smallest absolute Gasteiger partial charge is 0.253 e. The fourth-order valence-electron chi connectivity index (χ4n) is 3.28. The van der Waals surface area contributed by atoms with Crippen LogP contribution >= 0.6 is 0 Å². The molecule has 1 aromatic heterocycles. The lowest BCUT2D eigenvalue weighted by atomic mass is 9.88. The molecule has 0 aliphatic heterocycles. The summed E-state index contributed by atoms with van der Waals surface area (Å²) >= 11 is 0. The second kappa shape index (κ2) is 6.56. The molecule has 0 radical (unpaired) electrons. The standard InChI is InChI=1S/C20H23FN2O2/c1-12-7-8-15(21)10-16(12)18(24)20(2,3)23-19(25)14-9-13-5-4-6-17(13)22-11-14/h7-11,18,24H,4-6H2,1-3H3,(H,23,25). The van der Waals surface area contributed by atoms with Gasteiger partial charge in [-0.1, -0.05) is 6.07 Å². The Balaban J connectivity index is 1.80. The minimum atomic E-state index is -1.03. The maximum absolute atomic E-state index is 13.5. The molecule has 0 spiro atoms. The van der Waals surface area contributed by atoms with Crippen molar-refractivity contribution in [1.29, 1.82) is 0 Å². The van der Waals surface area contributed by atoms with Crippen LogP contribution in [-0.2, 0) is 12.8 Å². The first-order valence-electron chi connectivity index (χ1n) is 8.52. The van der Waals surface area contributed by atoms with Crippen LogP contribution < -0.4 is 5.32 Å². The van der Waals surface area contributed by atoms with Crippen LogP contribution in [0.15, 0.2) is 30.5 Å². The molecule has 3 rings (SSSR count). The highest BCUT2D eigenvalue weighted by Crippen LogP contribution is 2.29. The van der Waals surface area contributed by atoms with Crippen LogP contribution in [0, 0.1) is 12.7 Å². The summed E-state index contributed by atoms with van der Waals surface area (Å²) in [4.78, 5) is 17.0. The topological polar surface area (TPSA) is 62.2 Å². The first-order valence-corrected chi connectivity index (χ1v) is 8.52. The highest BCUT2D eigenvalue weighted by Gasteiger charge is 2.32. The summed E-state index contributed by atoms with van der Waals surface area (Å²) in [5.41, 5.74) is 2.94. The van der Waals surface area contributed by atoms with Crippen molar-refractivity contribution in [2.45, 2.75) is 51.7 Å². The van der Waals surface area contributed by atoms with Crippen LogP contribution in [0.2, 0.25) is 0 Å². The summed E-state index contributed by atoms with van der Waals surface area (Å²) in [5.74, 6) is -0.704. The molecule has 1 heterocycles. The second-order valence-corrected chi connectivity index (χ2v) is 7.26. The van der Waals surface area contributed by atoms with Gasteiger partial charge in [0.25, 0.3) is 5.91 Å². The molecule has 1 unspecified atom stereocenters. The molecule has 1 amide bonds. The van der Waals surface area contributed by atoms with Crippen molar-refractivity contribution in [2.24, 2.45) is 0 Å². The van der Waals surface area contributed by atoms with Gasteiger partial charge in [-0.25, -0.2) is 4.39 Å². The molecule has 25 heavy (non-hydrogen) atoms. The quantitative estimate of drug-likeness (QED) is 0.896. The highest BCUT2D eigenvalue weighted by molar-refractivity contribution is 5.94. The number of hydrogen-bond acceptors (Lipinski definition) is 3. The van der Waals surface area contributed by atoms with Crippen LogP contribution in [0.3, 0.4) is 0 Å². The molecule has 4 nitrogen and oxygen atoms in total. The first-order chi connectivity index (χ1) is 11.8. The number of carbonyl (C=O) groups is 1. The number of pyridine rings is 1. The summed E-state index contributed by atoms with van der Waals surface area (Å²) in [6.07, 6.45) is 3.51. The summed E-state index contributed by atoms with van der Waals surface area (Å²) in [6, 6.07) is 6.16. The number of nitrogens with zero attached hydrogens (tertiary/aromatic N) is 1. The third kappa shape index (κ3) is 3.56. The van der Waals surface area contributed by atoms with E-state index in [1.165, 1.54) is 12.1 Å². The summed E-state index contributed by atoms with van der Waals surface area (Å²) in [5, 5.41) is 13.6. The molecule has 2 aromatic rings. The number of rotatable bonds is 4. The van der Waals surface area contributed by atoms with Crippen molar-refractivity contribution in [1.82, 2.24) is 10.3 Å². The van der Waals surface area contributed by atoms with Crippen molar-refractivity contribution in [3.8, 4) is 0 Å². The Morgan fingerprint density at radius 1 is 1.32 bits per heavy atom. The van der Waals surface area contributed by atoms with Crippen LogP contribution in [0.5, 0.6) is 0 Å². The highest BCUT2D eigenvalue weighted by atomic mass is 19.1. The zero-order chi connectivity index (χ0) is 18.2. The van der Waals surface area contributed by atoms with E-state index in [2.05, 4.69) is 10.3 Å². The van der Waals surface area contributed by atoms with E-state index in [-0.39, 0.29) is 5.91 Å². The number of aryl methyl sites for hydroxylation is 3. The number of aliphatic hydroxyl groups excluding tert-OH is 1. The Labute approximate surface area is 147 Å². The van der Waals surface area contributed by atoms with Crippen molar-refractivity contribution in [2.75, 3.05) is 0 Å². The van der Waals surface area contributed by atoms with Gasteiger partial charge < -0.3 is 10.4 Å². The maximum Gasteiger partial charge on any atom is 0.253 e. The predicted molar refractivity (Wildman–Crippen MR) is 93.9 cm³/mol. The van der Waals surface area contributed by atoms with Gasteiger partial charge in [0, 0.05) is 11.9 Å². The molecule has 2 N–H and O–H groups in total. The van der Waals surface area contributed by atoms with E-state index < -0.39 is 17.5 Å². The normalized spacial score (nSPS) is 14.9. The predicted octanol–water partition coefficient (Wildman–Crippen LogP) is 3.26. The number of carbonyl (C=O) groups excluding carboxylic acids is 1. The minimum absolute atomic E-state index is 0.291. The second-order valence-electron chi connectivity index (χ2n) is 7.26. The largest absolute Gasteiger partial charge is 0.386 e. The summed E-state index contributed by atoms with van der Waals surface area (Å²) < 4.78 is 13.5. The molecular weight excluding hydrogens is 319 g/mol. The molecule has 1 aromatic carbocycles. The third-order valence-corrected chi connectivity index (χ3v) is 4.84.